The van der Waals surface area contributed by atoms with Crippen molar-refractivity contribution in [1.82, 2.24) is 15.5 Å². The van der Waals surface area contributed by atoms with E-state index in [0.29, 0.717) is 23.7 Å². The highest BCUT2D eigenvalue weighted by Gasteiger charge is 2.15. The first kappa shape index (κ1) is 15.5. The Bertz CT molecular complexity index is 566. The standard InChI is InChI=1S/C16H23N3O2/c1-11(2)8-13(17-3)10-15-18-16(19-21-15)12-6-5-7-14(9-12)20-4/h5-7,9,11,13,17H,8,10H2,1-4H3. The zero-order valence-corrected chi connectivity index (χ0v) is 13.1. The number of nitrogens with one attached hydrogen (secondary N) is 1. The van der Waals surface area contributed by atoms with Gasteiger partial charge in [0, 0.05) is 18.0 Å². The van der Waals surface area contributed by atoms with Gasteiger partial charge in [-0.3, -0.25) is 0 Å². The maximum Gasteiger partial charge on any atom is 0.228 e. The quantitative estimate of drug-likeness (QED) is 0.849. The largest absolute Gasteiger partial charge is 0.497 e. The topological polar surface area (TPSA) is 60.2 Å². The number of benzene rings is 1. The van der Waals surface area contributed by atoms with Gasteiger partial charge in [0.25, 0.3) is 0 Å². The lowest BCUT2D eigenvalue weighted by Crippen LogP contribution is -2.29. The van der Waals surface area contributed by atoms with Crippen molar-refractivity contribution in [2.45, 2.75) is 32.7 Å². The van der Waals surface area contributed by atoms with Gasteiger partial charge < -0.3 is 14.6 Å². The monoisotopic (exact) mass is 289 g/mol. The molecule has 0 bridgehead atoms. The summed E-state index contributed by atoms with van der Waals surface area (Å²) in [5.41, 5.74) is 0.897. The Morgan fingerprint density at radius 1 is 1.33 bits per heavy atom. The zero-order chi connectivity index (χ0) is 15.2. The fourth-order valence-electron chi connectivity index (χ4n) is 2.30. The Hall–Kier alpha value is -1.88. The Morgan fingerprint density at radius 2 is 2.14 bits per heavy atom. The molecule has 0 aliphatic heterocycles. The van der Waals surface area contributed by atoms with Crippen molar-refractivity contribution in [3.05, 3.63) is 30.2 Å². The molecule has 1 unspecified atom stereocenters. The summed E-state index contributed by atoms with van der Waals surface area (Å²) in [6, 6.07) is 8.01. The van der Waals surface area contributed by atoms with E-state index in [1.54, 1.807) is 7.11 Å². The molecule has 21 heavy (non-hydrogen) atoms. The molecule has 0 saturated heterocycles. The van der Waals surface area contributed by atoms with Crippen molar-refractivity contribution >= 4 is 0 Å². The van der Waals surface area contributed by atoms with Crippen molar-refractivity contribution in [3.63, 3.8) is 0 Å². The van der Waals surface area contributed by atoms with Crippen LogP contribution in [0.15, 0.2) is 28.8 Å². The lowest BCUT2D eigenvalue weighted by Gasteiger charge is -2.15. The molecule has 1 aromatic heterocycles. The molecule has 1 aromatic carbocycles. The zero-order valence-electron chi connectivity index (χ0n) is 13.1. The summed E-state index contributed by atoms with van der Waals surface area (Å²) in [5, 5.41) is 7.36. The molecule has 1 N–H and O–H groups in total. The first-order chi connectivity index (χ1) is 10.1. The van der Waals surface area contributed by atoms with Crippen LogP contribution in [-0.4, -0.2) is 30.3 Å². The van der Waals surface area contributed by atoms with Gasteiger partial charge in [-0.1, -0.05) is 31.1 Å². The molecule has 0 radical (unpaired) electrons. The van der Waals surface area contributed by atoms with E-state index in [1.807, 2.05) is 31.3 Å². The fraction of sp³-hybridized carbons (Fsp3) is 0.500. The first-order valence-electron chi connectivity index (χ1n) is 7.26. The molecule has 5 heteroatoms. The molecule has 0 aliphatic carbocycles. The molecular weight excluding hydrogens is 266 g/mol. The van der Waals surface area contributed by atoms with E-state index < -0.39 is 0 Å². The van der Waals surface area contributed by atoms with Gasteiger partial charge >= 0.3 is 0 Å². The summed E-state index contributed by atoms with van der Waals surface area (Å²) in [6.45, 7) is 4.42. The Balaban J connectivity index is 2.10. The van der Waals surface area contributed by atoms with Crippen molar-refractivity contribution in [2.24, 2.45) is 5.92 Å². The Kier molecular flexibility index (Phi) is 5.33. The molecule has 0 spiro atoms. The number of likely N-dealkylation sites (N-methyl/N-ethyl adjacent to an activating group) is 1. The number of methoxy groups -OCH3 is 1. The van der Waals surface area contributed by atoms with Crippen LogP contribution in [0.5, 0.6) is 5.75 Å². The average Bonchev–Trinajstić information content (AvgIpc) is 2.94. The van der Waals surface area contributed by atoms with Crippen LogP contribution >= 0.6 is 0 Å². The second-order valence-corrected chi connectivity index (χ2v) is 5.56. The number of hydrogen-bond donors (Lipinski definition) is 1. The SMILES string of the molecule is CNC(Cc1nc(-c2cccc(OC)c2)no1)CC(C)C. The van der Waals surface area contributed by atoms with E-state index in [1.165, 1.54) is 0 Å². The van der Waals surface area contributed by atoms with E-state index in [2.05, 4.69) is 29.3 Å². The summed E-state index contributed by atoms with van der Waals surface area (Å²) in [5.74, 6) is 2.67. The maximum atomic E-state index is 5.36. The number of nitrogens with zero attached hydrogens (tertiary/aromatic N) is 2. The summed E-state index contributed by atoms with van der Waals surface area (Å²) >= 11 is 0. The highest BCUT2D eigenvalue weighted by Crippen LogP contribution is 2.21. The molecule has 2 aromatic rings. The number of hydrogen-bond acceptors (Lipinski definition) is 5. The summed E-state index contributed by atoms with van der Waals surface area (Å²) in [4.78, 5) is 4.48. The predicted molar refractivity (Wildman–Crippen MR) is 82.3 cm³/mol. The molecule has 0 amide bonds. The second kappa shape index (κ2) is 7.22. The third-order valence-electron chi connectivity index (χ3n) is 3.38. The van der Waals surface area contributed by atoms with Crippen LogP contribution < -0.4 is 10.1 Å². The van der Waals surface area contributed by atoms with Gasteiger partial charge in [-0.05, 0) is 31.5 Å². The highest BCUT2D eigenvalue weighted by molar-refractivity contribution is 5.56. The van der Waals surface area contributed by atoms with Gasteiger partial charge in [0.1, 0.15) is 5.75 Å². The fourth-order valence-corrected chi connectivity index (χ4v) is 2.30. The molecule has 5 nitrogen and oxygen atoms in total. The predicted octanol–water partition coefficient (Wildman–Crippen LogP) is 2.92. The third kappa shape index (κ3) is 4.29. The van der Waals surface area contributed by atoms with Gasteiger partial charge in [0.15, 0.2) is 0 Å². The minimum atomic E-state index is 0.351. The average molecular weight is 289 g/mol. The van der Waals surface area contributed by atoms with Gasteiger partial charge in [-0.15, -0.1) is 0 Å². The number of aromatic nitrogens is 2. The van der Waals surface area contributed by atoms with Crippen LogP contribution in [0.3, 0.4) is 0 Å². The number of ether oxygens (including phenoxy) is 1. The lowest BCUT2D eigenvalue weighted by atomic mass is 10.0. The molecule has 114 valence electrons. The highest BCUT2D eigenvalue weighted by atomic mass is 16.5. The number of rotatable bonds is 7. The van der Waals surface area contributed by atoms with E-state index in [4.69, 9.17) is 9.26 Å². The molecular formula is C16H23N3O2. The van der Waals surface area contributed by atoms with Crippen molar-refractivity contribution < 1.29 is 9.26 Å². The smallest absolute Gasteiger partial charge is 0.228 e. The normalized spacial score (nSPS) is 12.6. The van der Waals surface area contributed by atoms with Gasteiger partial charge in [-0.2, -0.15) is 4.98 Å². The second-order valence-electron chi connectivity index (χ2n) is 5.56. The minimum Gasteiger partial charge on any atom is -0.497 e. The van der Waals surface area contributed by atoms with Gasteiger partial charge in [0.2, 0.25) is 11.7 Å². The molecule has 0 saturated carbocycles. The molecule has 1 atom stereocenters. The Morgan fingerprint density at radius 3 is 2.81 bits per heavy atom. The van der Waals surface area contributed by atoms with Crippen LogP contribution in [-0.2, 0) is 6.42 Å². The molecule has 0 aliphatic rings. The van der Waals surface area contributed by atoms with Crippen LogP contribution in [0, 0.1) is 5.92 Å². The van der Waals surface area contributed by atoms with Crippen LogP contribution in [0.2, 0.25) is 0 Å². The lowest BCUT2D eigenvalue weighted by molar-refractivity contribution is 0.345. The molecule has 1 heterocycles. The molecule has 2 rings (SSSR count). The van der Waals surface area contributed by atoms with Crippen molar-refractivity contribution in [3.8, 4) is 17.1 Å². The van der Waals surface area contributed by atoms with Gasteiger partial charge in [0.05, 0.1) is 7.11 Å². The summed E-state index contributed by atoms with van der Waals surface area (Å²) in [6.07, 6.45) is 1.82. The van der Waals surface area contributed by atoms with Crippen LogP contribution in [0.1, 0.15) is 26.2 Å². The van der Waals surface area contributed by atoms with E-state index in [-0.39, 0.29) is 0 Å². The summed E-state index contributed by atoms with van der Waals surface area (Å²) < 4.78 is 10.6. The van der Waals surface area contributed by atoms with Crippen LogP contribution in [0.25, 0.3) is 11.4 Å². The van der Waals surface area contributed by atoms with Crippen LogP contribution in [0.4, 0.5) is 0 Å². The van der Waals surface area contributed by atoms with Crippen molar-refractivity contribution in [1.29, 1.82) is 0 Å². The maximum absolute atomic E-state index is 5.36. The van der Waals surface area contributed by atoms with E-state index in [0.717, 1.165) is 24.2 Å². The summed E-state index contributed by atoms with van der Waals surface area (Å²) in [7, 11) is 3.61. The van der Waals surface area contributed by atoms with E-state index in [9.17, 15) is 0 Å². The third-order valence-corrected chi connectivity index (χ3v) is 3.38. The first-order valence-corrected chi connectivity index (χ1v) is 7.26. The van der Waals surface area contributed by atoms with Crippen molar-refractivity contribution in [2.75, 3.05) is 14.2 Å². The Labute approximate surface area is 125 Å². The van der Waals surface area contributed by atoms with E-state index >= 15 is 0 Å². The minimum absolute atomic E-state index is 0.351. The van der Waals surface area contributed by atoms with Gasteiger partial charge in [-0.25, -0.2) is 0 Å². The molecule has 0 fully saturated rings.